The Balaban J connectivity index is 1.66. The number of hydrogen-bond acceptors (Lipinski definition) is 10. The largest absolute Gasteiger partial charge is 0.510 e. The number of ether oxygens (including phenoxy) is 1. The van der Waals surface area contributed by atoms with E-state index >= 15 is 0 Å². The molecule has 2 aromatic carbocycles. The van der Waals surface area contributed by atoms with Crippen LogP contribution in [0.1, 0.15) is 30.2 Å². The van der Waals surface area contributed by atoms with Gasteiger partial charge in [0.05, 0.1) is 33.4 Å². The number of phenols is 1. The normalized spacial score (nSPS) is 16.9. The Labute approximate surface area is 276 Å². The van der Waals surface area contributed by atoms with Crippen LogP contribution in [0.25, 0.3) is 39.5 Å². The number of aliphatic hydroxyl groups is 2. The number of H-pyrrole nitrogens is 1. The van der Waals surface area contributed by atoms with Crippen LogP contribution in [0.2, 0.25) is 0 Å². The quantitative estimate of drug-likeness (QED) is 0.204. The van der Waals surface area contributed by atoms with Crippen LogP contribution in [0.15, 0.2) is 78.6 Å². The number of fused-ring (bicyclic) bond motifs is 4. The lowest BCUT2D eigenvalue weighted by molar-refractivity contribution is 0.362. The van der Waals surface area contributed by atoms with Crippen molar-refractivity contribution in [2.75, 3.05) is 26.1 Å². The van der Waals surface area contributed by atoms with E-state index in [0.717, 1.165) is 18.9 Å². The maximum atomic E-state index is 13.9. The van der Waals surface area contributed by atoms with Gasteiger partial charge >= 0.3 is 0 Å². The lowest BCUT2D eigenvalue weighted by Gasteiger charge is -2.28. The minimum atomic E-state index is -2.03. The Kier molecular flexibility index (Phi) is 6.99. The Bertz CT molecular complexity index is 2820. The molecular weight excluding hydrogens is 628 g/mol. The molecule has 11 nitrogen and oxygen atoms in total. The Morgan fingerprint density at radius 2 is 1.51 bits per heavy atom. The molecule has 0 radical (unpaired) electrons. The molecule has 1 heterocycles. The molecule has 49 heavy (non-hydrogen) atoms. The van der Waals surface area contributed by atoms with E-state index in [2.05, 4.69) is 4.98 Å². The van der Waals surface area contributed by atoms with Gasteiger partial charge < -0.3 is 29.9 Å². The number of allylic oxidation sites excluding steroid dienone is 3. The van der Waals surface area contributed by atoms with Crippen LogP contribution in [0, 0.1) is 10.4 Å². The van der Waals surface area contributed by atoms with Gasteiger partial charge in [-0.3, -0.25) is 24.0 Å². The van der Waals surface area contributed by atoms with E-state index in [9.17, 15) is 39.3 Å². The number of nitrogens with zero attached hydrogens (tertiary/aromatic N) is 1. The van der Waals surface area contributed by atoms with Crippen molar-refractivity contribution in [3.05, 3.63) is 144 Å². The maximum absolute atomic E-state index is 13.9. The van der Waals surface area contributed by atoms with Gasteiger partial charge in [-0.15, -0.1) is 0 Å². The van der Waals surface area contributed by atoms with Crippen molar-refractivity contribution >= 4 is 34.1 Å². The zero-order valence-corrected chi connectivity index (χ0v) is 26.9. The molecule has 1 spiro atoms. The van der Waals surface area contributed by atoms with Gasteiger partial charge in [-0.25, -0.2) is 0 Å². The molecule has 246 valence electrons. The van der Waals surface area contributed by atoms with Crippen LogP contribution in [0.3, 0.4) is 0 Å². The average Bonchev–Trinajstić information content (AvgIpc) is 3.57. The molecule has 3 aromatic rings. The number of aliphatic hydroxyl groups excluding tert-OH is 2. The highest BCUT2D eigenvalue weighted by molar-refractivity contribution is 6.05. The molecule has 0 aliphatic heterocycles. The second-order valence-corrected chi connectivity index (χ2v) is 12.4. The second-order valence-electron chi connectivity index (χ2n) is 12.4. The molecular formula is C38H30N2O9. The molecule has 0 saturated carbocycles. The van der Waals surface area contributed by atoms with Crippen LogP contribution in [-0.2, 0) is 11.8 Å². The fourth-order valence-electron chi connectivity index (χ4n) is 7.48. The van der Waals surface area contributed by atoms with E-state index in [1.54, 1.807) is 24.3 Å². The third-order valence-electron chi connectivity index (χ3n) is 9.70. The van der Waals surface area contributed by atoms with Crippen molar-refractivity contribution in [1.82, 2.24) is 4.98 Å². The monoisotopic (exact) mass is 658 g/mol. The molecule has 4 aliphatic rings. The number of rotatable bonds is 5. The number of aromatic amines is 1. The Morgan fingerprint density at radius 1 is 0.857 bits per heavy atom. The number of aromatic hydroxyl groups is 1. The third kappa shape index (κ3) is 4.11. The average molecular weight is 659 g/mol. The molecule has 0 fully saturated rings. The summed E-state index contributed by atoms with van der Waals surface area (Å²) in [5.41, 5.74) is -3.88. The van der Waals surface area contributed by atoms with Crippen LogP contribution < -0.4 is 47.3 Å². The Morgan fingerprint density at radius 3 is 2.12 bits per heavy atom. The van der Waals surface area contributed by atoms with E-state index < -0.39 is 76.6 Å². The molecule has 4 aliphatic carbocycles. The summed E-state index contributed by atoms with van der Waals surface area (Å²) in [6, 6.07) is 10.0. The van der Waals surface area contributed by atoms with Crippen molar-refractivity contribution in [3.63, 3.8) is 0 Å². The molecule has 11 heteroatoms. The second kappa shape index (κ2) is 10.9. The van der Waals surface area contributed by atoms with E-state index in [-0.39, 0.29) is 23.8 Å². The van der Waals surface area contributed by atoms with E-state index in [1.165, 1.54) is 0 Å². The first-order valence-corrected chi connectivity index (χ1v) is 15.5. The highest BCUT2D eigenvalue weighted by Crippen LogP contribution is 2.57. The van der Waals surface area contributed by atoms with Crippen molar-refractivity contribution in [1.29, 1.82) is 0 Å². The van der Waals surface area contributed by atoms with Crippen molar-refractivity contribution in [2.24, 2.45) is 0 Å². The zero-order valence-electron chi connectivity index (χ0n) is 26.9. The Hall–Kier alpha value is -6.23. The number of benzene rings is 2. The number of hydrogen-bond donors (Lipinski definition) is 4. The molecule has 0 unspecified atom stereocenters. The van der Waals surface area contributed by atoms with Gasteiger partial charge in [-0.1, -0.05) is 30.4 Å². The number of phenolic OH excluding ortho intramolecular Hbond substituents is 1. The molecule has 0 saturated heterocycles. The molecule has 1 atom stereocenters. The highest BCUT2D eigenvalue weighted by Gasteiger charge is 2.54. The SMILES string of the molecule is C/C=C/C=C/c1cc2c(-c3ccc(N(C)C)cc3)c3c(c(O)c2c(=O)[nH]1)[C@@]1(CC3)C(O)=c2c(=O)c3c(=O)cc(OC)c(=O)c=3c(=O)c2=C1O. The summed E-state index contributed by atoms with van der Waals surface area (Å²) in [4.78, 5) is 72.4. The van der Waals surface area contributed by atoms with E-state index in [4.69, 9.17) is 4.74 Å². The van der Waals surface area contributed by atoms with Crippen molar-refractivity contribution < 1.29 is 20.1 Å². The van der Waals surface area contributed by atoms with Gasteiger partial charge in [0.1, 0.15) is 22.7 Å². The summed E-state index contributed by atoms with van der Waals surface area (Å²) in [7, 11) is 4.92. The van der Waals surface area contributed by atoms with Crippen molar-refractivity contribution in [2.45, 2.75) is 25.2 Å². The topological polar surface area (TPSA) is 174 Å². The van der Waals surface area contributed by atoms with Crippen LogP contribution in [-0.4, -0.2) is 41.5 Å². The minimum Gasteiger partial charge on any atom is -0.510 e. The highest BCUT2D eigenvalue weighted by atomic mass is 16.5. The van der Waals surface area contributed by atoms with Gasteiger partial charge in [0.15, 0.2) is 11.2 Å². The van der Waals surface area contributed by atoms with Gasteiger partial charge in [-0.2, -0.15) is 0 Å². The summed E-state index contributed by atoms with van der Waals surface area (Å²) >= 11 is 0. The number of anilines is 1. The van der Waals surface area contributed by atoms with Gasteiger partial charge in [0.2, 0.25) is 16.3 Å². The molecule has 0 amide bonds. The lowest BCUT2D eigenvalue weighted by Crippen LogP contribution is -2.51. The van der Waals surface area contributed by atoms with Gasteiger partial charge in [0, 0.05) is 42.5 Å². The lowest BCUT2D eigenvalue weighted by atomic mass is 9.77. The van der Waals surface area contributed by atoms with Crippen LogP contribution >= 0.6 is 0 Å². The zero-order chi connectivity index (χ0) is 35.1. The van der Waals surface area contributed by atoms with E-state index in [1.807, 2.05) is 56.3 Å². The first-order valence-electron chi connectivity index (χ1n) is 15.5. The molecule has 0 bridgehead atoms. The maximum Gasteiger partial charge on any atom is 0.260 e. The van der Waals surface area contributed by atoms with Crippen LogP contribution in [0.4, 0.5) is 5.69 Å². The van der Waals surface area contributed by atoms with Gasteiger partial charge in [0.25, 0.3) is 5.56 Å². The predicted molar refractivity (Wildman–Crippen MR) is 187 cm³/mol. The summed E-state index contributed by atoms with van der Waals surface area (Å²) in [5, 5.41) is 33.4. The standard InChI is InChI=1S/C38H30N2O9/c1-5-6-7-8-18-15-21-24(17-9-11-19(12-10-17)40(2)3)20-13-14-38(30(20)34(45)25(21)37(48)39-18)35(46)28-29(36(38)47)33(44)27-26(32(28)43)22(41)16-23(49-4)31(27)42/h5-12,15-16,45-47H,13-14H2,1-4H3,(H,39,48)/b6-5+,8-7+/t38-/m0/s1. The number of aromatic nitrogens is 1. The summed E-state index contributed by atoms with van der Waals surface area (Å²) < 4.78 is 4.96. The van der Waals surface area contributed by atoms with E-state index in [0.29, 0.717) is 27.8 Å². The molecule has 7 rings (SSSR count). The summed E-state index contributed by atoms with van der Waals surface area (Å²) in [6.07, 6.45) is 7.10. The first kappa shape index (κ1) is 31.4. The predicted octanol–water partition coefficient (Wildman–Crippen LogP) is 1.84. The summed E-state index contributed by atoms with van der Waals surface area (Å²) in [5.74, 6) is -2.51. The number of pyridine rings is 1. The number of methoxy groups -OCH3 is 1. The fraction of sp³-hybridized carbons (Fsp3) is 0.184. The fourth-order valence-corrected chi connectivity index (χ4v) is 7.48. The van der Waals surface area contributed by atoms with Crippen LogP contribution in [0.5, 0.6) is 11.5 Å². The van der Waals surface area contributed by atoms with Crippen molar-refractivity contribution in [3.8, 4) is 22.6 Å². The number of nitrogens with one attached hydrogen (secondary N) is 1. The molecule has 4 N–H and O–H groups in total. The first-order chi connectivity index (χ1) is 23.4. The molecule has 1 aromatic heterocycles. The smallest absolute Gasteiger partial charge is 0.260 e. The third-order valence-corrected chi connectivity index (χ3v) is 9.70. The summed E-state index contributed by atoms with van der Waals surface area (Å²) in [6.45, 7) is 1.85. The van der Waals surface area contributed by atoms with Gasteiger partial charge in [-0.05, 0) is 60.7 Å². The minimum absolute atomic E-state index is 0.0503.